The Labute approximate surface area is 116 Å². The molecule has 0 saturated carbocycles. The molecule has 20 heavy (non-hydrogen) atoms. The number of carbonyl (C=O) groups is 2. The average Bonchev–Trinajstić information content (AvgIpc) is 2.90. The van der Waals surface area contributed by atoms with Crippen molar-refractivity contribution in [2.45, 2.75) is 13.5 Å². The number of benzene rings is 1. The zero-order valence-corrected chi connectivity index (χ0v) is 11.1. The number of rotatable bonds is 5. The van der Waals surface area contributed by atoms with Crippen LogP contribution in [0.15, 0.2) is 18.2 Å². The second-order valence-electron chi connectivity index (χ2n) is 4.04. The van der Waals surface area contributed by atoms with Crippen molar-refractivity contribution in [1.29, 1.82) is 0 Å². The highest BCUT2D eigenvalue weighted by atomic mass is 16.7. The zero-order valence-electron chi connectivity index (χ0n) is 11.1. The van der Waals surface area contributed by atoms with Crippen LogP contribution < -0.4 is 20.1 Å². The molecule has 2 rings (SSSR count). The molecule has 0 fully saturated rings. The fourth-order valence-electron chi connectivity index (χ4n) is 1.65. The molecule has 0 radical (unpaired) electrons. The third kappa shape index (κ3) is 3.78. The minimum Gasteiger partial charge on any atom is -0.454 e. The molecule has 1 heterocycles. The molecule has 7 nitrogen and oxygen atoms in total. The van der Waals surface area contributed by atoms with Crippen molar-refractivity contribution in [3.8, 4) is 11.5 Å². The number of alkyl carbamates (subject to hydrolysis) is 1. The van der Waals surface area contributed by atoms with Gasteiger partial charge in [-0.05, 0) is 24.6 Å². The number of fused-ring (bicyclic) bond motifs is 1. The summed E-state index contributed by atoms with van der Waals surface area (Å²) < 4.78 is 15.1. The van der Waals surface area contributed by atoms with Gasteiger partial charge in [0.05, 0.1) is 6.61 Å². The number of nitrogens with one attached hydrogen (secondary N) is 2. The van der Waals surface area contributed by atoms with E-state index in [-0.39, 0.29) is 25.9 Å². The predicted octanol–water partition coefficient (Wildman–Crippen LogP) is 0.778. The molecule has 0 unspecified atom stereocenters. The van der Waals surface area contributed by atoms with E-state index in [0.29, 0.717) is 18.0 Å². The van der Waals surface area contributed by atoms with Crippen LogP contribution in [0.4, 0.5) is 4.79 Å². The summed E-state index contributed by atoms with van der Waals surface area (Å²) in [5.41, 5.74) is 0.888. The van der Waals surface area contributed by atoms with E-state index in [1.165, 1.54) is 0 Å². The molecule has 0 saturated heterocycles. The van der Waals surface area contributed by atoms with Gasteiger partial charge < -0.3 is 24.8 Å². The average molecular weight is 280 g/mol. The number of hydrogen-bond acceptors (Lipinski definition) is 5. The normalized spacial score (nSPS) is 11.8. The zero-order chi connectivity index (χ0) is 14.4. The highest BCUT2D eigenvalue weighted by Gasteiger charge is 2.13. The fraction of sp³-hybridized carbons (Fsp3) is 0.385. The van der Waals surface area contributed by atoms with Gasteiger partial charge in [0.2, 0.25) is 12.7 Å². The van der Waals surface area contributed by atoms with Crippen molar-refractivity contribution >= 4 is 12.0 Å². The summed E-state index contributed by atoms with van der Waals surface area (Å²) in [5, 5.41) is 5.03. The van der Waals surface area contributed by atoms with E-state index in [1.54, 1.807) is 19.1 Å². The maximum atomic E-state index is 11.5. The largest absolute Gasteiger partial charge is 0.454 e. The molecule has 7 heteroatoms. The van der Waals surface area contributed by atoms with E-state index in [2.05, 4.69) is 15.4 Å². The first-order valence-electron chi connectivity index (χ1n) is 6.25. The van der Waals surface area contributed by atoms with Gasteiger partial charge in [-0.2, -0.15) is 0 Å². The van der Waals surface area contributed by atoms with Crippen LogP contribution in [-0.2, 0) is 16.1 Å². The molecule has 0 aromatic heterocycles. The van der Waals surface area contributed by atoms with Crippen LogP contribution in [0, 0.1) is 0 Å². The van der Waals surface area contributed by atoms with E-state index in [4.69, 9.17) is 9.47 Å². The monoisotopic (exact) mass is 280 g/mol. The Morgan fingerprint density at radius 2 is 2.05 bits per heavy atom. The van der Waals surface area contributed by atoms with Crippen molar-refractivity contribution in [2.24, 2.45) is 0 Å². The predicted molar refractivity (Wildman–Crippen MR) is 69.4 cm³/mol. The van der Waals surface area contributed by atoms with Crippen LogP contribution in [0.2, 0.25) is 0 Å². The topological polar surface area (TPSA) is 85.9 Å². The van der Waals surface area contributed by atoms with Gasteiger partial charge in [-0.3, -0.25) is 4.79 Å². The molecule has 1 aromatic carbocycles. The summed E-state index contributed by atoms with van der Waals surface area (Å²) in [6.07, 6.45) is -0.606. The van der Waals surface area contributed by atoms with Crippen molar-refractivity contribution in [3.05, 3.63) is 23.8 Å². The highest BCUT2D eigenvalue weighted by Crippen LogP contribution is 2.32. The molecule has 0 bridgehead atoms. The van der Waals surface area contributed by atoms with Crippen molar-refractivity contribution < 1.29 is 23.8 Å². The van der Waals surface area contributed by atoms with Crippen molar-refractivity contribution in [3.63, 3.8) is 0 Å². The lowest BCUT2D eigenvalue weighted by atomic mass is 10.2. The van der Waals surface area contributed by atoms with E-state index in [1.807, 2.05) is 6.07 Å². The standard InChI is InChI=1S/C13H16N2O5/c1-2-18-13(17)15-7-12(16)14-6-9-3-4-10-11(5-9)20-8-19-10/h3-5H,2,6-8H2,1H3,(H,14,16)(H,15,17). The molecule has 1 aliphatic rings. The van der Waals surface area contributed by atoms with Gasteiger partial charge in [-0.15, -0.1) is 0 Å². The summed E-state index contributed by atoms with van der Waals surface area (Å²) >= 11 is 0. The Bertz CT molecular complexity index is 504. The molecule has 1 aromatic rings. The summed E-state index contributed by atoms with van der Waals surface area (Å²) in [4.78, 5) is 22.5. The van der Waals surface area contributed by atoms with E-state index >= 15 is 0 Å². The lowest BCUT2D eigenvalue weighted by Gasteiger charge is -2.07. The number of amides is 2. The van der Waals surface area contributed by atoms with Crippen molar-refractivity contribution in [2.75, 3.05) is 19.9 Å². The Morgan fingerprint density at radius 3 is 2.85 bits per heavy atom. The lowest BCUT2D eigenvalue weighted by Crippen LogP contribution is -2.36. The fourth-order valence-corrected chi connectivity index (χ4v) is 1.65. The van der Waals surface area contributed by atoms with Gasteiger partial charge in [-0.1, -0.05) is 6.07 Å². The summed E-state index contributed by atoms with van der Waals surface area (Å²) in [7, 11) is 0. The Balaban J connectivity index is 1.74. The molecule has 108 valence electrons. The first-order valence-corrected chi connectivity index (χ1v) is 6.25. The van der Waals surface area contributed by atoms with Gasteiger partial charge >= 0.3 is 6.09 Å². The van der Waals surface area contributed by atoms with Gasteiger partial charge in [-0.25, -0.2) is 4.79 Å². The second-order valence-corrected chi connectivity index (χ2v) is 4.04. The summed E-state index contributed by atoms with van der Waals surface area (Å²) in [6, 6.07) is 5.44. The van der Waals surface area contributed by atoms with Crippen LogP contribution in [0.3, 0.4) is 0 Å². The van der Waals surface area contributed by atoms with Gasteiger partial charge in [0.15, 0.2) is 11.5 Å². The second kappa shape index (κ2) is 6.65. The SMILES string of the molecule is CCOC(=O)NCC(=O)NCc1ccc2c(c1)OCO2. The van der Waals surface area contributed by atoms with E-state index in [0.717, 1.165) is 5.56 Å². The molecule has 0 aliphatic carbocycles. The summed E-state index contributed by atoms with van der Waals surface area (Å²) in [5.74, 6) is 1.07. The molecule has 2 N–H and O–H groups in total. The van der Waals surface area contributed by atoms with Crippen LogP contribution in [0.1, 0.15) is 12.5 Å². The minimum absolute atomic E-state index is 0.122. The minimum atomic E-state index is -0.606. The van der Waals surface area contributed by atoms with Crippen LogP contribution >= 0.6 is 0 Å². The smallest absolute Gasteiger partial charge is 0.407 e. The van der Waals surface area contributed by atoms with E-state index in [9.17, 15) is 9.59 Å². The summed E-state index contributed by atoms with van der Waals surface area (Å²) in [6.45, 7) is 2.40. The van der Waals surface area contributed by atoms with Crippen LogP contribution in [-0.4, -0.2) is 31.9 Å². The van der Waals surface area contributed by atoms with Crippen LogP contribution in [0.5, 0.6) is 11.5 Å². The number of hydrogen-bond donors (Lipinski definition) is 2. The third-order valence-corrected chi connectivity index (χ3v) is 2.60. The molecule has 0 atom stereocenters. The highest BCUT2D eigenvalue weighted by molar-refractivity contribution is 5.82. The first-order chi connectivity index (χ1) is 9.69. The van der Waals surface area contributed by atoms with Crippen LogP contribution in [0.25, 0.3) is 0 Å². The third-order valence-electron chi connectivity index (χ3n) is 2.60. The Hall–Kier alpha value is -2.44. The van der Waals surface area contributed by atoms with E-state index < -0.39 is 6.09 Å². The Morgan fingerprint density at radius 1 is 1.25 bits per heavy atom. The molecule has 1 aliphatic heterocycles. The first kappa shape index (κ1) is 14.0. The molecule has 2 amide bonds. The van der Waals surface area contributed by atoms with Gasteiger partial charge in [0, 0.05) is 6.54 Å². The number of ether oxygens (including phenoxy) is 3. The molecule has 0 spiro atoms. The van der Waals surface area contributed by atoms with Gasteiger partial charge in [0.1, 0.15) is 6.54 Å². The Kier molecular flexibility index (Phi) is 4.65. The van der Waals surface area contributed by atoms with Crippen molar-refractivity contribution in [1.82, 2.24) is 10.6 Å². The van der Waals surface area contributed by atoms with Gasteiger partial charge in [0.25, 0.3) is 0 Å². The maximum absolute atomic E-state index is 11.5. The number of carbonyl (C=O) groups excluding carboxylic acids is 2. The molecular formula is C13H16N2O5. The molecular weight excluding hydrogens is 264 g/mol. The lowest BCUT2D eigenvalue weighted by molar-refractivity contribution is -0.120. The quantitative estimate of drug-likeness (QED) is 0.832. The maximum Gasteiger partial charge on any atom is 0.407 e.